The van der Waals surface area contributed by atoms with Crippen molar-refractivity contribution in [2.24, 2.45) is 0 Å². The number of carbonyl (C=O) groups is 2. The Morgan fingerprint density at radius 3 is 1.69 bits per heavy atom. The van der Waals surface area contributed by atoms with E-state index in [1.54, 1.807) is 4.90 Å². The predicted octanol–water partition coefficient (Wildman–Crippen LogP) is 5.93. The number of hydrogen-bond donors (Lipinski definition) is 0. The summed E-state index contributed by atoms with van der Waals surface area (Å²) in [6, 6.07) is 28.8. The highest BCUT2D eigenvalue weighted by Crippen LogP contribution is 2.30. The lowest BCUT2D eigenvalue weighted by Crippen LogP contribution is -2.66. The molecule has 1 saturated heterocycles. The molecule has 0 aliphatic carbocycles. The summed E-state index contributed by atoms with van der Waals surface area (Å²) in [5, 5.41) is 0. The second kappa shape index (κ2) is 15.0. The number of hydrogen-bond acceptors (Lipinski definition) is 7. The Bertz CT molecular complexity index is 1250. The van der Waals surface area contributed by atoms with Gasteiger partial charge < -0.3 is 23.7 Å². The molecule has 42 heavy (non-hydrogen) atoms. The van der Waals surface area contributed by atoms with Crippen molar-refractivity contribution in [2.45, 2.75) is 77.5 Å². The van der Waals surface area contributed by atoms with Crippen LogP contribution >= 0.6 is 0 Å². The molecule has 0 saturated carbocycles. The quantitative estimate of drug-likeness (QED) is 0.262. The highest BCUT2D eigenvalue weighted by Gasteiger charge is 2.49. The van der Waals surface area contributed by atoms with Crippen LogP contribution < -0.4 is 0 Å². The molecule has 8 heteroatoms. The first-order chi connectivity index (χ1) is 20.2. The van der Waals surface area contributed by atoms with Crippen LogP contribution in [-0.2, 0) is 48.3 Å². The van der Waals surface area contributed by atoms with E-state index in [0.29, 0.717) is 6.61 Å². The van der Waals surface area contributed by atoms with E-state index in [-0.39, 0.29) is 26.4 Å². The van der Waals surface area contributed by atoms with Gasteiger partial charge in [-0.25, -0.2) is 4.79 Å². The van der Waals surface area contributed by atoms with Crippen molar-refractivity contribution in [1.82, 2.24) is 4.90 Å². The highest BCUT2D eigenvalue weighted by atomic mass is 16.6. The fourth-order valence-corrected chi connectivity index (χ4v) is 4.89. The maximum atomic E-state index is 13.6. The van der Waals surface area contributed by atoms with E-state index in [4.69, 9.17) is 23.7 Å². The zero-order chi connectivity index (χ0) is 30.0. The van der Waals surface area contributed by atoms with Gasteiger partial charge >= 0.3 is 12.1 Å². The van der Waals surface area contributed by atoms with Crippen LogP contribution in [0.5, 0.6) is 0 Å². The van der Waals surface area contributed by atoms with Crippen LogP contribution in [0.4, 0.5) is 4.79 Å². The van der Waals surface area contributed by atoms with Gasteiger partial charge in [-0.1, -0.05) is 91.0 Å². The first-order valence-corrected chi connectivity index (χ1v) is 14.3. The van der Waals surface area contributed by atoms with Crippen LogP contribution in [-0.4, -0.2) is 60.1 Å². The number of ether oxygens (including phenoxy) is 5. The van der Waals surface area contributed by atoms with Gasteiger partial charge in [-0.05, 0) is 37.5 Å². The standard InChI is InChI=1S/C34H41NO7/c1-25(36)41-30-20-35(33(37)42-34(2,3)4)29(24-38-21-26-14-8-5-9-15-26)31(39-22-27-16-10-6-11-17-27)32(30)40-23-28-18-12-7-13-19-28/h5-19,29-32H,20-24H2,1-4H3/t29-,30-,31-,32+/m0/s1. The van der Waals surface area contributed by atoms with Crippen molar-refractivity contribution >= 4 is 12.1 Å². The number of likely N-dealkylation sites (tertiary alicyclic amines) is 1. The summed E-state index contributed by atoms with van der Waals surface area (Å²) in [7, 11) is 0. The molecule has 1 aliphatic rings. The zero-order valence-electron chi connectivity index (χ0n) is 24.8. The summed E-state index contributed by atoms with van der Waals surface area (Å²) < 4.78 is 30.8. The third-order valence-corrected chi connectivity index (χ3v) is 6.76. The molecule has 1 fully saturated rings. The van der Waals surface area contributed by atoms with E-state index >= 15 is 0 Å². The number of esters is 1. The molecule has 0 spiro atoms. The largest absolute Gasteiger partial charge is 0.458 e. The van der Waals surface area contributed by atoms with Crippen molar-refractivity contribution in [3.05, 3.63) is 108 Å². The molecule has 1 amide bonds. The summed E-state index contributed by atoms with van der Waals surface area (Å²) in [5.41, 5.74) is 2.20. The second-order valence-electron chi connectivity index (χ2n) is 11.4. The first-order valence-electron chi connectivity index (χ1n) is 14.3. The van der Waals surface area contributed by atoms with Gasteiger partial charge in [0.2, 0.25) is 0 Å². The SMILES string of the molecule is CC(=O)O[C@H]1CN(C(=O)OC(C)(C)C)[C@@H](COCc2ccccc2)[C@H](OCc2ccccc2)[C@@H]1OCc1ccccc1. The van der Waals surface area contributed by atoms with Crippen LogP contribution in [0.25, 0.3) is 0 Å². The Morgan fingerprint density at radius 2 is 1.21 bits per heavy atom. The third kappa shape index (κ3) is 9.41. The molecule has 3 aromatic rings. The Kier molecular flexibility index (Phi) is 11.1. The molecule has 0 radical (unpaired) electrons. The maximum Gasteiger partial charge on any atom is 0.410 e. The van der Waals surface area contributed by atoms with E-state index in [1.807, 2.05) is 112 Å². The molecule has 224 valence electrons. The topological polar surface area (TPSA) is 83.5 Å². The summed E-state index contributed by atoms with van der Waals surface area (Å²) >= 11 is 0. The van der Waals surface area contributed by atoms with Gasteiger partial charge in [-0.15, -0.1) is 0 Å². The van der Waals surface area contributed by atoms with Gasteiger partial charge in [-0.2, -0.15) is 0 Å². The number of carbonyl (C=O) groups excluding carboxylic acids is 2. The van der Waals surface area contributed by atoms with Crippen LogP contribution in [0.1, 0.15) is 44.4 Å². The number of rotatable bonds is 11. The summed E-state index contributed by atoms with van der Waals surface area (Å²) in [6.45, 7) is 7.91. The Balaban J connectivity index is 1.66. The smallest absolute Gasteiger partial charge is 0.410 e. The van der Waals surface area contributed by atoms with Crippen molar-refractivity contribution in [2.75, 3.05) is 13.2 Å². The molecule has 3 aromatic carbocycles. The minimum atomic E-state index is -0.787. The molecule has 0 N–H and O–H groups in total. The summed E-state index contributed by atoms with van der Waals surface area (Å²) in [5.74, 6) is -0.474. The summed E-state index contributed by atoms with van der Waals surface area (Å²) in [4.78, 5) is 27.4. The number of benzene rings is 3. The van der Waals surface area contributed by atoms with E-state index in [0.717, 1.165) is 16.7 Å². The average molecular weight is 576 g/mol. The third-order valence-electron chi connectivity index (χ3n) is 6.76. The average Bonchev–Trinajstić information content (AvgIpc) is 2.96. The lowest BCUT2D eigenvalue weighted by molar-refractivity contribution is -0.206. The van der Waals surface area contributed by atoms with Gasteiger partial charge in [0.1, 0.15) is 23.9 Å². The van der Waals surface area contributed by atoms with E-state index < -0.39 is 42.0 Å². The van der Waals surface area contributed by atoms with Crippen molar-refractivity contribution < 1.29 is 33.3 Å². The van der Waals surface area contributed by atoms with Crippen LogP contribution in [0.2, 0.25) is 0 Å². The van der Waals surface area contributed by atoms with Gasteiger partial charge in [0, 0.05) is 6.92 Å². The molecule has 0 aromatic heterocycles. The molecule has 0 bridgehead atoms. The van der Waals surface area contributed by atoms with E-state index in [1.165, 1.54) is 6.92 Å². The molecule has 0 unspecified atom stereocenters. The predicted molar refractivity (Wildman–Crippen MR) is 158 cm³/mol. The van der Waals surface area contributed by atoms with Crippen LogP contribution in [0.15, 0.2) is 91.0 Å². The Hall–Kier alpha value is -3.72. The zero-order valence-corrected chi connectivity index (χ0v) is 24.8. The second-order valence-corrected chi connectivity index (χ2v) is 11.4. The van der Waals surface area contributed by atoms with Crippen LogP contribution in [0, 0.1) is 0 Å². The number of amides is 1. The van der Waals surface area contributed by atoms with Gasteiger partial charge in [0.25, 0.3) is 0 Å². The van der Waals surface area contributed by atoms with Crippen molar-refractivity contribution in [3.8, 4) is 0 Å². The first kappa shape index (κ1) is 31.2. The van der Waals surface area contributed by atoms with Crippen molar-refractivity contribution in [3.63, 3.8) is 0 Å². The molecule has 8 nitrogen and oxygen atoms in total. The lowest BCUT2D eigenvalue weighted by Gasteiger charge is -2.47. The van der Waals surface area contributed by atoms with Gasteiger partial charge in [-0.3, -0.25) is 9.69 Å². The number of nitrogens with zero attached hydrogens (tertiary/aromatic N) is 1. The fourth-order valence-electron chi connectivity index (χ4n) is 4.89. The Labute approximate surface area is 248 Å². The normalized spacial score (nSPS) is 20.6. The molecule has 1 heterocycles. The highest BCUT2D eigenvalue weighted by molar-refractivity contribution is 5.69. The maximum absolute atomic E-state index is 13.6. The monoisotopic (exact) mass is 575 g/mol. The molecule has 1 aliphatic heterocycles. The fraction of sp³-hybridized carbons (Fsp3) is 0.412. The minimum Gasteiger partial charge on any atom is -0.458 e. The van der Waals surface area contributed by atoms with Crippen molar-refractivity contribution in [1.29, 1.82) is 0 Å². The van der Waals surface area contributed by atoms with Gasteiger partial charge in [0.15, 0.2) is 0 Å². The Morgan fingerprint density at radius 1 is 0.738 bits per heavy atom. The van der Waals surface area contributed by atoms with Gasteiger partial charge in [0.05, 0.1) is 39.0 Å². The lowest BCUT2D eigenvalue weighted by atomic mass is 9.93. The molecule has 4 atom stereocenters. The van der Waals surface area contributed by atoms with E-state index in [2.05, 4.69) is 0 Å². The molecule has 4 rings (SSSR count). The summed E-state index contributed by atoms with van der Waals surface area (Å²) in [6.07, 6.45) is -2.70. The van der Waals surface area contributed by atoms with Crippen LogP contribution in [0.3, 0.4) is 0 Å². The minimum absolute atomic E-state index is 0.0680. The van der Waals surface area contributed by atoms with E-state index in [9.17, 15) is 9.59 Å². The molecular formula is C34H41NO7. The molecular weight excluding hydrogens is 534 g/mol. The number of piperidine rings is 1.